The fraction of sp³-hybridized carbons (Fsp3) is 0.500. The van der Waals surface area contributed by atoms with Crippen molar-refractivity contribution in [1.29, 1.82) is 0 Å². The second-order valence-electron chi connectivity index (χ2n) is 5.50. The minimum Gasteiger partial charge on any atom is -0.338 e. The molecule has 0 aromatic heterocycles. The van der Waals surface area contributed by atoms with E-state index in [9.17, 15) is 13.6 Å². The van der Waals surface area contributed by atoms with Crippen LogP contribution in [0, 0.1) is 17.0 Å². The van der Waals surface area contributed by atoms with Crippen LogP contribution in [0.5, 0.6) is 0 Å². The number of benzene rings is 1. The van der Waals surface area contributed by atoms with Crippen LogP contribution in [-0.4, -0.2) is 37.0 Å². The highest BCUT2D eigenvalue weighted by Crippen LogP contribution is 2.36. The number of nitrogens with zero attached hydrogens (tertiary/aromatic N) is 1. The molecule has 0 saturated carbocycles. The molecule has 0 aliphatic carbocycles. The minimum absolute atomic E-state index is 0. The van der Waals surface area contributed by atoms with Crippen LogP contribution in [0.3, 0.4) is 0 Å². The van der Waals surface area contributed by atoms with Gasteiger partial charge in [-0.2, -0.15) is 0 Å². The van der Waals surface area contributed by atoms with Crippen LogP contribution < -0.4 is 5.32 Å². The number of amides is 1. The number of halogens is 3. The summed E-state index contributed by atoms with van der Waals surface area (Å²) in [7, 11) is 0. The third kappa shape index (κ3) is 2.52. The smallest absolute Gasteiger partial charge is 0.259 e. The second-order valence-corrected chi connectivity index (χ2v) is 5.50. The lowest BCUT2D eigenvalue weighted by molar-refractivity contribution is 0.0766. The summed E-state index contributed by atoms with van der Waals surface area (Å²) in [4.78, 5) is 13.8. The quantitative estimate of drug-likeness (QED) is 0.863. The fourth-order valence-electron chi connectivity index (χ4n) is 3.11. The van der Waals surface area contributed by atoms with E-state index >= 15 is 0 Å². The van der Waals surface area contributed by atoms with Gasteiger partial charge >= 0.3 is 0 Å². The van der Waals surface area contributed by atoms with Gasteiger partial charge in [-0.15, -0.1) is 12.4 Å². The first-order valence-electron chi connectivity index (χ1n) is 6.55. The Morgan fingerprint density at radius 1 is 1.25 bits per heavy atom. The molecule has 2 heterocycles. The van der Waals surface area contributed by atoms with Gasteiger partial charge in [-0.05, 0) is 31.5 Å². The van der Waals surface area contributed by atoms with Gasteiger partial charge in [0.05, 0.1) is 0 Å². The molecule has 2 saturated heterocycles. The molecule has 3 nitrogen and oxygen atoms in total. The van der Waals surface area contributed by atoms with E-state index in [-0.39, 0.29) is 17.8 Å². The molecule has 1 spiro atoms. The molecule has 2 aliphatic rings. The number of nitrogens with one attached hydrogen (secondary N) is 1. The highest BCUT2D eigenvalue weighted by Gasteiger charge is 2.42. The predicted octanol–water partition coefficient (Wildman–Crippen LogP) is 2.21. The maximum atomic E-state index is 13.6. The molecule has 3 rings (SSSR count). The van der Waals surface area contributed by atoms with Crippen LogP contribution in [0.1, 0.15) is 23.2 Å². The van der Waals surface area contributed by atoms with Crippen molar-refractivity contribution >= 4 is 18.3 Å². The van der Waals surface area contributed by atoms with Gasteiger partial charge in [-0.25, -0.2) is 8.78 Å². The summed E-state index contributed by atoms with van der Waals surface area (Å²) in [5.74, 6) is -2.09. The van der Waals surface area contributed by atoms with Crippen molar-refractivity contribution in [3.05, 3.63) is 35.4 Å². The van der Waals surface area contributed by atoms with Gasteiger partial charge in [0.1, 0.15) is 17.2 Å². The van der Waals surface area contributed by atoms with E-state index in [1.807, 2.05) is 0 Å². The summed E-state index contributed by atoms with van der Waals surface area (Å²) in [5, 5.41) is 3.29. The maximum Gasteiger partial charge on any atom is 0.259 e. The van der Waals surface area contributed by atoms with Crippen molar-refractivity contribution in [3.63, 3.8) is 0 Å². The van der Waals surface area contributed by atoms with E-state index in [2.05, 4.69) is 5.32 Å². The Morgan fingerprint density at radius 2 is 1.95 bits per heavy atom. The predicted molar refractivity (Wildman–Crippen MR) is 74.0 cm³/mol. The number of hydrogen-bond acceptors (Lipinski definition) is 2. The van der Waals surface area contributed by atoms with Gasteiger partial charge in [0, 0.05) is 25.0 Å². The van der Waals surface area contributed by atoms with Gasteiger partial charge in [-0.1, -0.05) is 6.07 Å². The van der Waals surface area contributed by atoms with Gasteiger partial charge in [0.2, 0.25) is 0 Å². The molecule has 110 valence electrons. The molecule has 1 aromatic rings. The van der Waals surface area contributed by atoms with E-state index in [1.54, 1.807) is 4.90 Å². The largest absolute Gasteiger partial charge is 0.338 e. The normalized spacial score (nSPS) is 25.0. The maximum absolute atomic E-state index is 13.6. The zero-order valence-corrected chi connectivity index (χ0v) is 11.8. The average molecular weight is 303 g/mol. The molecule has 20 heavy (non-hydrogen) atoms. The Bertz CT molecular complexity index is 498. The Morgan fingerprint density at radius 3 is 2.55 bits per heavy atom. The second kappa shape index (κ2) is 5.66. The molecule has 1 unspecified atom stereocenters. The molecule has 1 N–H and O–H groups in total. The average Bonchev–Trinajstić information content (AvgIpc) is 3.00. The highest BCUT2D eigenvalue weighted by atomic mass is 35.5. The molecule has 2 fully saturated rings. The van der Waals surface area contributed by atoms with Crippen LogP contribution in [0.2, 0.25) is 0 Å². The Labute approximate surface area is 122 Å². The van der Waals surface area contributed by atoms with Crippen molar-refractivity contribution in [2.24, 2.45) is 5.41 Å². The lowest BCUT2D eigenvalue weighted by Gasteiger charge is -2.23. The van der Waals surface area contributed by atoms with E-state index in [1.165, 1.54) is 6.07 Å². The topological polar surface area (TPSA) is 32.3 Å². The summed E-state index contributed by atoms with van der Waals surface area (Å²) >= 11 is 0. The summed E-state index contributed by atoms with van der Waals surface area (Å²) in [5.41, 5.74) is -0.317. The molecule has 2 aliphatic heterocycles. The van der Waals surface area contributed by atoms with E-state index < -0.39 is 23.1 Å². The van der Waals surface area contributed by atoms with Crippen molar-refractivity contribution in [1.82, 2.24) is 10.2 Å². The van der Waals surface area contributed by atoms with E-state index in [0.29, 0.717) is 13.1 Å². The van der Waals surface area contributed by atoms with Crippen molar-refractivity contribution in [2.45, 2.75) is 12.8 Å². The lowest BCUT2D eigenvalue weighted by atomic mass is 9.86. The van der Waals surface area contributed by atoms with Gasteiger partial charge in [0.15, 0.2) is 0 Å². The van der Waals surface area contributed by atoms with Crippen molar-refractivity contribution in [3.8, 4) is 0 Å². The number of hydrogen-bond donors (Lipinski definition) is 1. The number of carbonyl (C=O) groups is 1. The Hall–Kier alpha value is -1.20. The van der Waals surface area contributed by atoms with E-state index in [4.69, 9.17) is 0 Å². The summed E-state index contributed by atoms with van der Waals surface area (Å²) < 4.78 is 27.2. The van der Waals surface area contributed by atoms with Crippen LogP contribution >= 0.6 is 12.4 Å². The summed E-state index contributed by atoms with van der Waals surface area (Å²) in [6, 6.07) is 3.52. The molecule has 6 heteroatoms. The first kappa shape index (κ1) is 15.2. The summed E-state index contributed by atoms with van der Waals surface area (Å²) in [6.45, 7) is 3.01. The van der Waals surface area contributed by atoms with Crippen molar-refractivity contribution in [2.75, 3.05) is 26.2 Å². The Balaban J connectivity index is 0.00000147. The molecular formula is C14H17ClF2N2O. The third-order valence-electron chi connectivity index (χ3n) is 4.23. The monoisotopic (exact) mass is 302 g/mol. The van der Waals surface area contributed by atoms with Crippen LogP contribution in [0.25, 0.3) is 0 Å². The fourth-order valence-corrected chi connectivity index (χ4v) is 3.11. The Kier molecular flexibility index (Phi) is 4.30. The molecule has 0 radical (unpaired) electrons. The number of carbonyl (C=O) groups excluding carboxylic acids is 1. The minimum atomic E-state index is -0.782. The molecular weight excluding hydrogens is 286 g/mol. The third-order valence-corrected chi connectivity index (χ3v) is 4.23. The van der Waals surface area contributed by atoms with Crippen LogP contribution in [0.4, 0.5) is 8.78 Å². The SMILES string of the molecule is Cl.O=C(c1c(F)cccc1F)N1CCC2(CCNC2)C1. The highest BCUT2D eigenvalue weighted by molar-refractivity contribution is 5.95. The first-order chi connectivity index (χ1) is 9.11. The lowest BCUT2D eigenvalue weighted by Crippen LogP contribution is -2.34. The number of rotatable bonds is 1. The summed E-state index contributed by atoms with van der Waals surface area (Å²) in [6.07, 6.45) is 1.93. The zero-order chi connectivity index (χ0) is 13.5. The van der Waals surface area contributed by atoms with E-state index in [0.717, 1.165) is 38.1 Å². The van der Waals surface area contributed by atoms with Gasteiger partial charge in [0.25, 0.3) is 5.91 Å². The van der Waals surface area contributed by atoms with Crippen molar-refractivity contribution < 1.29 is 13.6 Å². The standard InChI is InChI=1S/C14H16F2N2O.ClH/c15-10-2-1-3-11(16)12(10)13(19)18-7-5-14(9-18)4-6-17-8-14;/h1-3,17H,4-9H2;1H. The number of likely N-dealkylation sites (tertiary alicyclic amines) is 1. The van der Waals surface area contributed by atoms with Crippen LogP contribution in [-0.2, 0) is 0 Å². The van der Waals surface area contributed by atoms with Gasteiger partial charge in [-0.3, -0.25) is 4.79 Å². The molecule has 0 bridgehead atoms. The zero-order valence-electron chi connectivity index (χ0n) is 11.0. The molecule has 1 aromatic carbocycles. The molecule has 1 amide bonds. The van der Waals surface area contributed by atoms with Crippen LogP contribution in [0.15, 0.2) is 18.2 Å². The van der Waals surface area contributed by atoms with Gasteiger partial charge < -0.3 is 10.2 Å². The first-order valence-corrected chi connectivity index (χ1v) is 6.55. The molecule has 1 atom stereocenters.